The summed E-state index contributed by atoms with van der Waals surface area (Å²) in [7, 11) is 0. The predicted octanol–water partition coefficient (Wildman–Crippen LogP) is 3.66. The van der Waals surface area contributed by atoms with Gasteiger partial charge in [-0.1, -0.05) is 36.9 Å². The van der Waals surface area contributed by atoms with E-state index in [1.165, 1.54) is 22.7 Å². The maximum atomic E-state index is 12.4. The van der Waals surface area contributed by atoms with Crippen LogP contribution in [-0.2, 0) is 6.42 Å². The van der Waals surface area contributed by atoms with Crippen LogP contribution in [0, 0.1) is 0 Å². The topological polar surface area (TPSA) is 93.8 Å². The highest BCUT2D eigenvalue weighted by Gasteiger charge is 2.19. The molecule has 120 valence electrons. The summed E-state index contributed by atoms with van der Waals surface area (Å²) in [5, 5.41) is 12.0. The van der Waals surface area contributed by atoms with Gasteiger partial charge in [-0.2, -0.15) is 0 Å². The first-order valence-electron chi connectivity index (χ1n) is 7.07. The number of thiophene rings is 1. The number of thioether (sulfide) groups is 1. The van der Waals surface area contributed by atoms with Crippen molar-refractivity contribution in [2.75, 3.05) is 16.8 Å². The van der Waals surface area contributed by atoms with Crippen LogP contribution in [0.3, 0.4) is 0 Å². The van der Waals surface area contributed by atoms with Crippen LogP contribution in [0.1, 0.15) is 29.2 Å². The lowest BCUT2D eigenvalue weighted by Gasteiger charge is -1.99. The predicted molar refractivity (Wildman–Crippen MR) is 97.7 cm³/mol. The molecule has 0 aliphatic rings. The van der Waals surface area contributed by atoms with Crippen molar-refractivity contribution in [3.8, 4) is 0 Å². The number of hydrogen-bond acceptors (Lipinski definition) is 8. The fourth-order valence-electron chi connectivity index (χ4n) is 2.00. The Labute approximate surface area is 145 Å². The van der Waals surface area contributed by atoms with E-state index in [2.05, 4.69) is 20.5 Å². The number of nitrogen functional groups attached to an aromatic ring is 1. The van der Waals surface area contributed by atoms with E-state index in [9.17, 15) is 4.79 Å². The molecule has 3 aromatic heterocycles. The highest BCUT2D eigenvalue weighted by Crippen LogP contribution is 2.33. The Balaban J connectivity index is 1.86. The Morgan fingerprint density at radius 3 is 2.87 bits per heavy atom. The van der Waals surface area contributed by atoms with Crippen molar-refractivity contribution in [2.24, 2.45) is 0 Å². The van der Waals surface area contributed by atoms with E-state index >= 15 is 0 Å². The third-order valence-corrected chi connectivity index (χ3v) is 6.08. The monoisotopic (exact) mass is 365 g/mol. The van der Waals surface area contributed by atoms with Gasteiger partial charge in [-0.15, -0.1) is 21.5 Å². The van der Waals surface area contributed by atoms with Gasteiger partial charge >= 0.3 is 0 Å². The van der Waals surface area contributed by atoms with Gasteiger partial charge in [0.25, 0.3) is 5.91 Å². The number of fused-ring (bicyclic) bond motifs is 1. The molecule has 0 saturated carbocycles. The smallest absolute Gasteiger partial charge is 0.269 e. The molecule has 3 aromatic rings. The number of nitrogens with one attached hydrogen (secondary N) is 1. The third-order valence-electron chi connectivity index (χ3n) is 3.11. The molecular weight excluding hydrogens is 350 g/mol. The van der Waals surface area contributed by atoms with Crippen LogP contribution in [0.25, 0.3) is 10.2 Å². The number of rotatable bonds is 5. The highest BCUT2D eigenvalue weighted by atomic mass is 32.2. The number of anilines is 2. The van der Waals surface area contributed by atoms with Gasteiger partial charge in [-0.05, 0) is 24.3 Å². The van der Waals surface area contributed by atoms with Crippen molar-refractivity contribution in [1.82, 2.24) is 15.2 Å². The average Bonchev–Trinajstić information content (AvgIpc) is 3.12. The lowest BCUT2D eigenvalue weighted by molar-refractivity contribution is 0.103. The molecule has 3 N–H and O–H groups in total. The number of nitrogens with zero attached hydrogens (tertiary/aromatic N) is 3. The maximum absolute atomic E-state index is 12.4. The Kier molecular flexibility index (Phi) is 4.79. The molecule has 3 heterocycles. The van der Waals surface area contributed by atoms with Crippen LogP contribution in [-0.4, -0.2) is 26.8 Å². The molecule has 0 saturated heterocycles. The van der Waals surface area contributed by atoms with E-state index in [1.807, 2.05) is 26.0 Å². The van der Waals surface area contributed by atoms with E-state index in [1.54, 1.807) is 11.8 Å². The molecule has 23 heavy (non-hydrogen) atoms. The van der Waals surface area contributed by atoms with Crippen molar-refractivity contribution in [2.45, 2.75) is 24.6 Å². The number of aryl methyl sites for hydroxylation is 1. The van der Waals surface area contributed by atoms with Gasteiger partial charge in [-0.3, -0.25) is 10.1 Å². The van der Waals surface area contributed by atoms with Crippen LogP contribution in [0.2, 0.25) is 0 Å². The number of carbonyl (C=O) groups excluding carboxylic acids is 1. The van der Waals surface area contributed by atoms with E-state index in [4.69, 9.17) is 5.73 Å². The first kappa shape index (κ1) is 16.2. The minimum atomic E-state index is -0.271. The van der Waals surface area contributed by atoms with Gasteiger partial charge in [0.1, 0.15) is 9.71 Å². The Hall–Kier alpha value is -1.71. The summed E-state index contributed by atoms with van der Waals surface area (Å²) in [6.07, 6.45) is 0.845. The van der Waals surface area contributed by atoms with E-state index in [0.717, 1.165) is 32.4 Å². The first-order chi connectivity index (χ1) is 11.1. The minimum absolute atomic E-state index is 0.271. The molecule has 9 heteroatoms. The van der Waals surface area contributed by atoms with Gasteiger partial charge in [0.15, 0.2) is 4.34 Å². The summed E-state index contributed by atoms with van der Waals surface area (Å²) < 4.78 is 0.835. The van der Waals surface area contributed by atoms with Crippen LogP contribution in [0.4, 0.5) is 10.8 Å². The first-order valence-corrected chi connectivity index (χ1v) is 9.69. The normalized spacial score (nSPS) is 11.0. The quantitative estimate of drug-likeness (QED) is 0.529. The molecule has 0 bridgehead atoms. The fourth-order valence-corrected chi connectivity index (χ4v) is 4.65. The number of aromatic nitrogens is 3. The summed E-state index contributed by atoms with van der Waals surface area (Å²) >= 11 is 4.25. The summed E-state index contributed by atoms with van der Waals surface area (Å²) in [5.74, 6) is 0.643. The fraction of sp³-hybridized carbons (Fsp3) is 0.286. The summed E-state index contributed by atoms with van der Waals surface area (Å²) in [4.78, 5) is 18.2. The Morgan fingerprint density at radius 2 is 2.13 bits per heavy atom. The molecular formula is C14H15N5OS3. The lowest BCUT2D eigenvalue weighted by atomic mass is 10.2. The zero-order valence-electron chi connectivity index (χ0n) is 12.6. The van der Waals surface area contributed by atoms with Crippen LogP contribution >= 0.6 is 34.4 Å². The minimum Gasteiger partial charge on any atom is -0.397 e. The standard InChI is InChI=1S/C14H15N5OS3/c1-3-7-5-6-8-9(15)10(22-12(8)16-7)11(20)17-13-18-19-14(23-13)21-4-2/h5-6H,3-4,15H2,1-2H3,(H,17,18,20). The van der Waals surface area contributed by atoms with Gasteiger partial charge in [0.05, 0.1) is 5.69 Å². The molecule has 3 rings (SSSR count). The highest BCUT2D eigenvalue weighted by molar-refractivity contribution is 8.01. The molecule has 0 aromatic carbocycles. The van der Waals surface area contributed by atoms with Crippen LogP contribution < -0.4 is 11.1 Å². The number of hydrogen-bond donors (Lipinski definition) is 2. The maximum Gasteiger partial charge on any atom is 0.269 e. The molecule has 0 aliphatic heterocycles. The number of amides is 1. The Bertz CT molecular complexity index is 857. The zero-order chi connectivity index (χ0) is 16.4. The van der Waals surface area contributed by atoms with Crippen molar-refractivity contribution < 1.29 is 4.79 Å². The molecule has 0 radical (unpaired) electrons. The molecule has 0 atom stereocenters. The second-order valence-corrected chi connectivity index (χ2v) is 8.10. The molecule has 1 amide bonds. The summed E-state index contributed by atoms with van der Waals surface area (Å²) in [6.45, 7) is 4.08. The van der Waals surface area contributed by atoms with Gasteiger partial charge in [0.2, 0.25) is 5.13 Å². The summed E-state index contributed by atoms with van der Waals surface area (Å²) in [6, 6.07) is 3.86. The third kappa shape index (κ3) is 3.31. The Morgan fingerprint density at radius 1 is 1.30 bits per heavy atom. The van der Waals surface area contributed by atoms with Gasteiger partial charge < -0.3 is 5.73 Å². The zero-order valence-corrected chi connectivity index (χ0v) is 15.1. The van der Waals surface area contributed by atoms with Crippen molar-refractivity contribution in [3.05, 3.63) is 22.7 Å². The second kappa shape index (κ2) is 6.81. The van der Waals surface area contributed by atoms with Gasteiger partial charge in [0, 0.05) is 11.1 Å². The van der Waals surface area contributed by atoms with Crippen molar-refractivity contribution >= 4 is 61.4 Å². The van der Waals surface area contributed by atoms with Crippen molar-refractivity contribution in [3.63, 3.8) is 0 Å². The lowest BCUT2D eigenvalue weighted by Crippen LogP contribution is -2.11. The van der Waals surface area contributed by atoms with Crippen LogP contribution in [0.5, 0.6) is 0 Å². The van der Waals surface area contributed by atoms with Crippen molar-refractivity contribution in [1.29, 1.82) is 0 Å². The van der Waals surface area contributed by atoms with E-state index in [0.29, 0.717) is 15.7 Å². The number of nitrogens with two attached hydrogens (primary N) is 1. The summed E-state index contributed by atoms with van der Waals surface area (Å²) in [5.41, 5.74) is 7.56. The average molecular weight is 366 g/mol. The molecule has 6 nitrogen and oxygen atoms in total. The van der Waals surface area contributed by atoms with Gasteiger partial charge in [-0.25, -0.2) is 4.98 Å². The second-order valence-electron chi connectivity index (χ2n) is 4.61. The molecule has 0 aliphatic carbocycles. The SMILES string of the molecule is CCSc1nnc(NC(=O)c2sc3nc(CC)ccc3c2N)s1. The van der Waals surface area contributed by atoms with E-state index < -0.39 is 0 Å². The number of carbonyl (C=O) groups is 1. The number of pyridine rings is 1. The van der Waals surface area contributed by atoms with E-state index in [-0.39, 0.29) is 5.91 Å². The molecule has 0 fully saturated rings. The van der Waals surface area contributed by atoms with Crippen LogP contribution in [0.15, 0.2) is 16.5 Å². The molecule has 0 unspecified atom stereocenters. The largest absolute Gasteiger partial charge is 0.397 e. The molecule has 0 spiro atoms.